The number of methoxy groups -OCH3 is 1. The Hall–Kier alpha value is -3.62. The minimum Gasteiger partial charge on any atom is -0.497 e. The average Bonchev–Trinajstić information content (AvgIpc) is 3.20. The Morgan fingerprint density at radius 3 is 2.79 bits per heavy atom. The van der Waals surface area contributed by atoms with E-state index in [2.05, 4.69) is 25.4 Å². The van der Waals surface area contributed by atoms with E-state index >= 15 is 0 Å². The van der Waals surface area contributed by atoms with E-state index in [-0.39, 0.29) is 0 Å². The van der Waals surface area contributed by atoms with Crippen LogP contribution in [0.5, 0.6) is 11.5 Å². The molecular weight excluding hydrogens is 372 g/mol. The summed E-state index contributed by atoms with van der Waals surface area (Å²) >= 11 is 0. The lowest BCUT2D eigenvalue weighted by Crippen LogP contribution is -2.42. The molecule has 29 heavy (non-hydrogen) atoms. The molecule has 0 saturated carbocycles. The molecule has 1 aromatic carbocycles. The van der Waals surface area contributed by atoms with Gasteiger partial charge in [-0.1, -0.05) is 0 Å². The lowest BCUT2D eigenvalue weighted by atomic mass is 10.1. The van der Waals surface area contributed by atoms with Crippen molar-refractivity contribution in [2.45, 2.75) is 26.3 Å². The number of hydrogen-bond acceptors (Lipinski definition) is 6. The first kappa shape index (κ1) is 18.7. The Labute approximate surface area is 167 Å². The number of ether oxygens (including phenoxy) is 2. The van der Waals surface area contributed by atoms with E-state index < -0.39 is 11.6 Å². The molecule has 0 bridgehead atoms. The highest BCUT2D eigenvalue weighted by Gasteiger charge is 2.19. The SMILES string of the molecule is COc1ccc2c(c1)c(-c1cnc3[nH]cc(OC(=O)NC(C)(C)C)c3n1)nn2C. The maximum absolute atomic E-state index is 12.1. The van der Waals surface area contributed by atoms with Gasteiger partial charge < -0.3 is 19.8 Å². The molecule has 0 aliphatic carbocycles. The van der Waals surface area contributed by atoms with Crippen molar-refractivity contribution >= 4 is 28.2 Å². The van der Waals surface area contributed by atoms with Gasteiger partial charge in [0.2, 0.25) is 0 Å². The number of benzene rings is 1. The van der Waals surface area contributed by atoms with E-state index in [1.807, 2.05) is 46.0 Å². The van der Waals surface area contributed by atoms with Crippen LogP contribution in [0.1, 0.15) is 20.8 Å². The fraction of sp³-hybridized carbons (Fsp3) is 0.300. The molecule has 0 spiro atoms. The molecule has 0 unspecified atom stereocenters. The van der Waals surface area contributed by atoms with Crippen LogP contribution < -0.4 is 14.8 Å². The Morgan fingerprint density at radius 2 is 2.07 bits per heavy atom. The first-order chi connectivity index (χ1) is 13.7. The highest BCUT2D eigenvalue weighted by Crippen LogP contribution is 2.31. The third kappa shape index (κ3) is 3.58. The highest BCUT2D eigenvalue weighted by molar-refractivity contribution is 5.94. The summed E-state index contributed by atoms with van der Waals surface area (Å²) in [5, 5.41) is 8.24. The van der Waals surface area contributed by atoms with Crippen LogP contribution in [-0.4, -0.2) is 43.5 Å². The number of fused-ring (bicyclic) bond motifs is 2. The molecule has 0 aliphatic rings. The number of amides is 1. The van der Waals surface area contributed by atoms with Crippen molar-refractivity contribution in [1.29, 1.82) is 0 Å². The molecule has 9 nitrogen and oxygen atoms in total. The number of carbonyl (C=O) groups is 1. The molecular formula is C20H22N6O3. The summed E-state index contributed by atoms with van der Waals surface area (Å²) in [6, 6.07) is 5.74. The van der Waals surface area contributed by atoms with Crippen LogP contribution in [-0.2, 0) is 7.05 Å². The van der Waals surface area contributed by atoms with Gasteiger partial charge in [-0.05, 0) is 39.0 Å². The summed E-state index contributed by atoms with van der Waals surface area (Å²) in [6.07, 6.45) is 2.65. The number of aryl methyl sites for hydroxylation is 1. The minimum atomic E-state index is -0.557. The topological polar surface area (TPSA) is 107 Å². The van der Waals surface area contributed by atoms with Gasteiger partial charge in [0.25, 0.3) is 0 Å². The van der Waals surface area contributed by atoms with Crippen molar-refractivity contribution < 1.29 is 14.3 Å². The molecule has 0 radical (unpaired) electrons. The van der Waals surface area contributed by atoms with E-state index in [1.165, 1.54) is 0 Å². The summed E-state index contributed by atoms with van der Waals surface area (Å²) < 4.78 is 12.6. The Morgan fingerprint density at radius 1 is 1.28 bits per heavy atom. The average molecular weight is 394 g/mol. The molecule has 3 heterocycles. The van der Waals surface area contributed by atoms with Crippen LogP contribution in [0.15, 0.2) is 30.6 Å². The van der Waals surface area contributed by atoms with Gasteiger partial charge >= 0.3 is 6.09 Å². The normalized spacial score (nSPS) is 11.8. The lowest BCUT2D eigenvalue weighted by molar-refractivity contribution is 0.191. The molecule has 3 aromatic heterocycles. The first-order valence-electron chi connectivity index (χ1n) is 9.10. The van der Waals surface area contributed by atoms with Crippen LogP contribution in [0.3, 0.4) is 0 Å². The van der Waals surface area contributed by atoms with Crippen molar-refractivity contribution in [3.05, 3.63) is 30.6 Å². The molecule has 1 amide bonds. The second-order valence-electron chi connectivity index (χ2n) is 7.73. The first-order valence-corrected chi connectivity index (χ1v) is 9.10. The van der Waals surface area contributed by atoms with Gasteiger partial charge in [0.05, 0.1) is 18.8 Å². The number of nitrogens with one attached hydrogen (secondary N) is 2. The molecule has 0 aliphatic heterocycles. The number of aromatic nitrogens is 5. The van der Waals surface area contributed by atoms with E-state index in [0.29, 0.717) is 28.3 Å². The molecule has 2 N–H and O–H groups in total. The summed E-state index contributed by atoms with van der Waals surface area (Å²) in [5.41, 5.74) is 2.74. The third-order valence-corrected chi connectivity index (χ3v) is 4.33. The zero-order valence-corrected chi connectivity index (χ0v) is 16.9. The Bertz CT molecular complexity index is 1220. The van der Waals surface area contributed by atoms with Gasteiger partial charge in [-0.15, -0.1) is 0 Å². The van der Waals surface area contributed by atoms with E-state index in [9.17, 15) is 4.79 Å². The molecule has 150 valence electrons. The van der Waals surface area contributed by atoms with Crippen molar-refractivity contribution in [3.63, 3.8) is 0 Å². The zero-order chi connectivity index (χ0) is 20.8. The summed E-state index contributed by atoms with van der Waals surface area (Å²) in [6.45, 7) is 5.63. The van der Waals surface area contributed by atoms with Crippen LogP contribution >= 0.6 is 0 Å². The monoisotopic (exact) mass is 394 g/mol. The second-order valence-corrected chi connectivity index (χ2v) is 7.73. The maximum Gasteiger partial charge on any atom is 0.413 e. The van der Waals surface area contributed by atoms with Gasteiger partial charge in [-0.25, -0.2) is 14.8 Å². The molecule has 0 atom stereocenters. The molecule has 9 heteroatoms. The van der Waals surface area contributed by atoms with Crippen molar-refractivity contribution in [3.8, 4) is 22.9 Å². The van der Waals surface area contributed by atoms with E-state index in [1.54, 1.807) is 24.2 Å². The quantitative estimate of drug-likeness (QED) is 0.551. The smallest absolute Gasteiger partial charge is 0.413 e. The van der Waals surface area contributed by atoms with Crippen molar-refractivity contribution in [2.24, 2.45) is 7.05 Å². The highest BCUT2D eigenvalue weighted by atomic mass is 16.6. The second kappa shape index (κ2) is 6.77. The minimum absolute atomic E-state index is 0.300. The number of aromatic amines is 1. The maximum atomic E-state index is 12.1. The summed E-state index contributed by atoms with van der Waals surface area (Å²) in [7, 11) is 3.49. The van der Waals surface area contributed by atoms with Crippen molar-refractivity contribution in [2.75, 3.05) is 7.11 Å². The molecule has 0 fully saturated rings. The largest absolute Gasteiger partial charge is 0.497 e. The van der Waals surface area contributed by atoms with Gasteiger partial charge in [0.1, 0.15) is 17.1 Å². The zero-order valence-electron chi connectivity index (χ0n) is 16.9. The van der Waals surface area contributed by atoms with Crippen LogP contribution in [0, 0.1) is 0 Å². The van der Waals surface area contributed by atoms with Crippen LogP contribution in [0.25, 0.3) is 33.5 Å². The van der Waals surface area contributed by atoms with Crippen LogP contribution in [0.2, 0.25) is 0 Å². The number of H-pyrrole nitrogens is 1. The molecule has 4 rings (SSSR count). The van der Waals surface area contributed by atoms with Gasteiger partial charge in [-0.3, -0.25) is 4.68 Å². The number of rotatable bonds is 3. The predicted octanol–water partition coefficient (Wildman–Crippen LogP) is 3.41. The van der Waals surface area contributed by atoms with E-state index in [0.717, 1.165) is 16.7 Å². The number of hydrogen-bond donors (Lipinski definition) is 2. The fourth-order valence-corrected chi connectivity index (χ4v) is 3.05. The summed E-state index contributed by atoms with van der Waals surface area (Å²) in [5.74, 6) is 1.03. The predicted molar refractivity (Wildman–Crippen MR) is 109 cm³/mol. The number of carbonyl (C=O) groups excluding carboxylic acids is 1. The Kier molecular flexibility index (Phi) is 4.37. The van der Waals surface area contributed by atoms with Crippen molar-refractivity contribution in [1.82, 2.24) is 30.0 Å². The standard InChI is InChI=1S/C20H22N6O3/c1-20(2,3)24-19(27)29-15-10-22-18-17(15)23-13(9-21-18)16-12-8-11(28-5)6-7-14(12)26(4)25-16/h6-10H,1-5H3,(H,21,22)(H,24,27). The lowest BCUT2D eigenvalue weighted by Gasteiger charge is -2.19. The van der Waals surface area contributed by atoms with E-state index in [4.69, 9.17) is 9.47 Å². The van der Waals surface area contributed by atoms with Gasteiger partial charge in [-0.2, -0.15) is 5.10 Å². The van der Waals surface area contributed by atoms with Crippen LogP contribution in [0.4, 0.5) is 4.79 Å². The number of nitrogens with zero attached hydrogens (tertiary/aromatic N) is 4. The molecule has 4 aromatic rings. The molecule has 0 saturated heterocycles. The van der Waals surface area contributed by atoms with Gasteiger partial charge in [0.15, 0.2) is 16.9 Å². The third-order valence-electron chi connectivity index (χ3n) is 4.33. The summed E-state index contributed by atoms with van der Waals surface area (Å²) in [4.78, 5) is 24.2. The Balaban J connectivity index is 1.76. The fourth-order valence-electron chi connectivity index (χ4n) is 3.05. The van der Waals surface area contributed by atoms with Gasteiger partial charge in [0, 0.05) is 24.2 Å².